The zero-order chi connectivity index (χ0) is 25.6. The predicted octanol–water partition coefficient (Wildman–Crippen LogP) is 4.07. The minimum Gasteiger partial charge on any atom is -0.351 e. The molecule has 0 unspecified atom stereocenters. The quantitative estimate of drug-likeness (QED) is 0.467. The van der Waals surface area contributed by atoms with Crippen molar-refractivity contribution in [3.63, 3.8) is 0 Å². The van der Waals surface area contributed by atoms with Crippen molar-refractivity contribution in [1.29, 1.82) is 0 Å². The molecule has 1 aromatic carbocycles. The van der Waals surface area contributed by atoms with Crippen LogP contribution >= 0.6 is 0 Å². The molecule has 2 aromatic heterocycles. The number of hydrogen-bond donors (Lipinski definition) is 2. The van der Waals surface area contributed by atoms with Gasteiger partial charge in [-0.2, -0.15) is 18.3 Å². The minimum absolute atomic E-state index is 0.0273. The van der Waals surface area contributed by atoms with Crippen molar-refractivity contribution >= 4 is 17.9 Å². The zero-order valence-corrected chi connectivity index (χ0v) is 18.9. The van der Waals surface area contributed by atoms with Crippen LogP contribution in [0.15, 0.2) is 55.0 Å². The summed E-state index contributed by atoms with van der Waals surface area (Å²) < 4.78 is 53.6. The van der Waals surface area contributed by atoms with Crippen molar-refractivity contribution in [3.05, 3.63) is 88.8 Å². The molecule has 0 fully saturated rings. The third kappa shape index (κ3) is 6.98. The third-order valence-corrected chi connectivity index (χ3v) is 4.86. The maximum Gasteiger partial charge on any atom is 0.419 e. The maximum atomic E-state index is 13.5. The van der Waals surface area contributed by atoms with Gasteiger partial charge in [0, 0.05) is 36.1 Å². The number of hydrogen-bond acceptors (Lipinski definition) is 4. The summed E-state index contributed by atoms with van der Waals surface area (Å²) >= 11 is 0. The molecule has 0 saturated carbocycles. The molecule has 0 radical (unpaired) electrons. The highest BCUT2D eigenvalue weighted by Crippen LogP contribution is 2.32. The summed E-state index contributed by atoms with van der Waals surface area (Å²) in [7, 11) is 0. The van der Waals surface area contributed by atoms with E-state index in [9.17, 15) is 27.2 Å². The molecule has 0 bridgehead atoms. The van der Waals surface area contributed by atoms with Gasteiger partial charge in [-0.1, -0.05) is 18.2 Å². The van der Waals surface area contributed by atoms with E-state index in [1.54, 1.807) is 32.2 Å². The predicted molar refractivity (Wildman–Crippen MR) is 121 cm³/mol. The second-order valence-electron chi connectivity index (χ2n) is 7.69. The van der Waals surface area contributed by atoms with E-state index in [0.29, 0.717) is 12.1 Å². The third-order valence-electron chi connectivity index (χ3n) is 4.86. The lowest BCUT2D eigenvalue weighted by Crippen LogP contribution is -2.31. The van der Waals surface area contributed by atoms with Crippen LogP contribution in [0.2, 0.25) is 0 Å². The number of pyridine rings is 1. The summed E-state index contributed by atoms with van der Waals surface area (Å²) in [6.45, 7) is 3.99. The van der Waals surface area contributed by atoms with E-state index in [-0.39, 0.29) is 41.2 Å². The first kappa shape index (κ1) is 25.6. The molecule has 2 heterocycles. The van der Waals surface area contributed by atoms with E-state index >= 15 is 0 Å². The Morgan fingerprint density at radius 1 is 1.17 bits per heavy atom. The largest absolute Gasteiger partial charge is 0.419 e. The van der Waals surface area contributed by atoms with E-state index in [1.807, 2.05) is 0 Å². The molecular formula is C24H23F4N5O2. The highest BCUT2D eigenvalue weighted by atomic mass is 19.4. The Bertz CT molecular complexity index is 1240. The first-order chi connectivity index (χ1) is 16.6. The number of rotatable bonds is 8. The normalized spacial score (nSPS) is 12.5. The van der Waals surface area contributed by atoms with E-state index in [0.717, 1.165) is 12.1 Å². The molecule has 11 heteroatoms. The van der Waals surface area contributed by atoms with Crippen LogP contribution < -0.4 is 10.6 Å². The summed E-state index contributed by atoms with van der Waals surface area (Å²) in [5, 5.41) is 9.51. The average molecular weight is 489 g/mol. The van der Waals surface area contributed by atoms with Crippen LogP contribution in [-0.2, 0) is 12.7 Å². The highest BCUT2D eigenvalue weighted by molar-refractivity contribution is 5.98. The Morgan fingerprint density at radius 3 is 2.66 bits per heavy atom. The van der Waals surface area contributed by atoms with Crippen LogP contribution in [-0.4, -0.2) is 39.2 Å². The molecule has 3 aromatic rings. The molecule has 3 rings (SSSR count). The zero-order valence-electron chi connectivity index (χ0n) is 18.9. The standard InChI is InChI=1S/C24H23F4N5O2/c1-3-29-23(35)21-11-18(8-9-30-21)22(34)32-15(2)4-5-17-12-31-33(14-17)13-16-6-7-20(25)19(10-16)24(26,27)28/h4-12,14-15H,3,13H2,1-2H3,(H,29,35)(H,32,34)/t15-/m0/s1. The van der Waals surface area contributed by atoms with Gasteiger partial charge in [0.2, 0.25) is 0 Å². The number of aromatic nitrogens is 3. The van der Waals surface area contributed by atoms with Crippen molar-refractivity contribution in [2.24, 2.45) is 0 Å². The number of nitrogens with zero attached hydrogens (tertiary/aromatic N) is 3. The van der Waals surface area contributed by atoms with E-state index in [4.69, 9.17) is 0 Å². The molecule has 0 aliphatic carbocycles. The first-order valence-corrected chi connectivity index (χ1v) is 10.7. The summed E-state index contributed by atoms with van der Waals surface area (Å²) in [4.78, 5) is 28.4. The fraction of sp³-hybridized carbons (Fsp3) is 0.250. The van der Waals surface area contributed by atoms with Gasteiger partial charge in [-0.25, -0.2) is 4.39 Å². The fourth-order valence-electron chi connectivity index (χ4n) is 3.17. The lowest BCUT2D eigenvalue weighted by atomic mass is 10.1. The number of amides is 2. The number of benzene rings is 1. The Hall–Kier alpha value is -4.02. The molecule has 0 aliphatic heterocycles. The number of nitrogens with one attached hydrogen (secondary N) is 2. The van der Waals surface area contributed by atoms with Crippen LogP contribution in [0.25, 0.3) is 6.08 Å². The molecule has 35 heavy (non-hydrogen) atoms. The SMILES string of the molecule is CCNC(=O)c1cc(C(=O)N[C@@H](C)C=Cc2cnn(Cc3ccc(F)c(C(F)(F)F)c3)c2)ccn1. The molecule has 2 amide bonds. The Balaban J connectivity index is 1.61. The second-order valence-corrected chi connectivity index (χ2v) is 7.69. The monoisotopic (exact) mass is 489 g/mol. The number of carbonyl (C=O) groups is 2. The van der Waals surface area contributed by atoms with Gasteiger partial charge < -0.3 is 10.6 Å². The minimum atomic E-state index is -4.78. The molecular weight excluding hydrogens is 466 g/mol. The van der Waals surface area contributed by atoms with Gasteiger partial charge in [0.1, 0.15) is 11.5 Å². The van der Waals surface area contributed by atoms with Crippen molar-refractivity contribution in [1.82, 2.24) is 25.4 Å². The second kappa shape index (κ2) is 10.9. The van der Waals surface area contributed by atoms with Gasteiger partial charge in [-0.05, 0) is 43.7 Å². The molecule has 2 N–H and O–H groups in total. The van der Waals surface area contributed by atoms with Gasteiger partial charge in [-0.15, -0.1) is 0 Å². The van der Waals surface area contributed by atoms with Crippen LogP contribution in [0.1, 0.15) is 51.4 Å². The van der Waals surface area contributed by atoms with Crippen molar-refractivity contribution in [3.8, 4) is 0 Å². The number of halogens is 4. The van der Waals surface area contributed by atoms with Crippen molar-refractivity contribution in [2.45, 2.75) is 32.6 Å². The van der Waals surface area contributed by atoms with Crippen LogP contribution in [0.3, 0.4) is 0 Å². The maximum absolute atomic E-state index is 13.5. The van der Waals surface area contributed by atoms with Gasteiger partial charge in [0.25, 0.3) is 11.8 Å². The van der Waals surface area contributed by atoms with Crippen LogP contribution in [0, 0.1) is 5.82 Å². The van der Waals surface area contributed by atoms with Gasteiger partial charge >= 0.3 is 6.18 Å². The number of carbonyl (C=O) groups excluding carboxylic acids is 2. The first-order valence-electron chi connectivity index (χ1n) is 10.7. The van der Waals surface area contributed by atoms with Gasteiger partial charge in [0.15, 0.2) is 0 Å². The summed E-state index contributed by atoms with van der Waals surface area (Å²) in [5.41, 5.74) is 0.0126. The molecule has 0 aliphatic rings. The van der Waals surface area contributed by atoms with Crippen molar-refractivity contribution in [2.75, 3.05) is 6.54 Å². The molecule has 0 saturated heterocycles. The summed E-state index contributed by atoms with van der Waals surface area (Å²) in [6.07, 6.45) is 3.15. The van der Waals surface area contributed by atoms with Crippen LogP contribution in [0.5, 0.6) is 0 Å². The van der Waals surface area contributed by atoms with Gasteiger partial charge in [0.05, 0.1) is 18.3 Å². The Morgan fingerprint density at radius 2 is 1.94 bits per heavy atom. The molecule has 1 atom stereocenters. The molecule has 0 spiro atoms. The van der Waals surface area contributed by atoms with Crippen molar-refractivity contribution < 1.29 is 27.2 Å². The average Bonchev–Trinajstić information content (AvgIpc) is 3.25. The fourth-order valence-corrected chi connectivity index (χ4v) is 3.17. The van der Waals surface area contributed by atoms with E-state index in [2.05, 4.69) is 20.7 Å². The lowest BCUT2D eigenvalue weighted by Gasteiger charge is -2.10. The lowest BCUT2D eigenvalue weighted by molar-refractivity contribution is -0.140. The van der Waals surface area contributed by atoms with E-state index < -0.39 is 17.6 Å². The Kier molecular flexibility index (Phi) is 8.00. The number of alkyl halides is 3. The summed E-state index contributed by atoms with van der Waals surface area (Å²) in [6, 6.07) is 5.35. The highest BCUT2D eigenvalue weighted by Gasteiger charge is 2.34. The van der Waals surface area contributed by atoms with Crippen LogP contribution in [0.4, 0.5) is 17.6 Å². The summed E-state index contributed by atoms with van der Waals surface area (Å²) in [5.74, 6) is -2.08. The van der Waals surface area contributed by atoms with E-state index in [1.165, 1.54) is 35.3 Å². The Labute approximate surface area is 198 Å². The topological polar surface area (TPSA) is 88.9 Å². The molecule has 7 nitrogen and oxygen atoms in total. The molecule has 184 valence electrons. The smallest absolute Gasteiger partial charge is 0.351 e. The van der Waals surface area contributed by atoms with Gasteiger partial charge in [-0.3, -0.25) is 19.3 Å².